The fraction of sp³-hybridized carbons (Fsp3) is 0.400. The number of rotatable bonds is 2. The highest BCUT2D eigenvalue weighted by Gasteiger charge is 2.51. The van der Waals surface area contributed by atoms with Gasteiger partial charge in [0.25, 0.3) is 0 Å². The van der Waals surface area contributed by atoms with Crippen LogP contribution in [0.3, 0.4) is 0 Å². The Morgan fingerprint density at radius 3 is 2.24 bits per heavy atom. The fourth-order valence-electron chi connectivity index (χ4n) is 3.15. The molecular weight excluding hydrogens is 313 g/mol. The third-order valence-electron chi connectivity index (χ3n) is 5.47. The molecule has 25 heavy (non-hydrogen) atoms. The molecule has 130 valence electrons. The lowest BCUT2D eigenvalue weighted by Gasteiger charge is -2.32. The van der Waals surface area contributed by atoms with E-state index in [1.54, 1.807) is 0 Å². The summed E-state index contributed by atoms with van der Waals surface area (Å²) in [5, 5.41) is 3.43. The summed E-state index contributed by atoms with van der Waals surface area (Å²) >= 11 is 0. The maximum absolute atomic E-state index is 6.12. The zero-order valence-corrected chi connectivity index (χ0v) is 15.2. The number of hydrogen-bond acceptors (Lipinski definition) is 4. The number of hydrogen-bond donors (Lipinski definition) is 1. The van der Waals surface area contributed by atoms with Crippen molar-refractivity contribution in [2.75, 3.05) is 11.9 Å². The standard InChI is InChI=1S/C20H24BNO3/c1-19(2)20(3,4)25-21(24-19)15-11-9-14(10-12-15)18-13-22-16-7-5-6-8-17(16)23-18/h5-12,18,22H,13H2,1-4H3. The zero-order valence-electron chi connectivity index (χ0n) is 15.2. The summed E-state index contributed by atoms with van der Waals surface area (Å²) in [6.45, 7) is 9.04. The molecule has 0 radical (unpaired) electrons. The Labute approximate surface area is 149 Å². The Morgan fingerprint density at radius 1 is 0.920 bits per heavy atom. The van der Waals surface area contributed by atoms with Crippen LogP contribution < -0.4 is 15.5 Å². The van der Waals surface area contributed by atoms with Crippen molar-refractivity contribution in [1.29, 1.82) is 0 Å². The molecule has 0 aliphatic carbocycles. The molecule has 1 unspecified atom stereocenters. The average molecular weight is 337 g/mol. The third-order valence-corrected chi connectivity index (χ3v) is 5.47. The molecule has 1 fully saturated rings. The predicted molar refractivity (Wildman–Crippen MR) is 100 cm³/mol. The van der Waals surface area contributed by atoms with E-state index < -0.39 is 0 Å². The Kier molecular flexibility index (Phi) is 3.82. The van der Waals surface area contributed by atoms with Gasteiger partial charge in [0.1, 0.15) is 11.9 Å². The van der Waals surface area contributed by atoms with Crippen LogP contribution in [0.2, 0.25) is 0 Å². The first-order chi connectivity index (χ1) is 11.9. The summed E-state index contributed by atoms with van der Waals surface area (Å²) in [6, 6.07) is 16.4. The van der Waals surface area contributed by atoms with Gasteiger partial charge in [-0.2, -0.15) is 0 Å². The summed E-state index contributed by atoms with van der Waals surface area (Å²) < 4.78 is 18.4. The van der Waals surface area contributed by atoms with Crippen LogP contribution in [0, 0.1) is 0 Å². The first-order valence-electron chi connectivity index (χ1n) is 8.81. The monoisotopic (exact) mass is 337 g/mol. The summed E-state index contributed by atoms with van der Waals surface area (Å²) in [5.41, 5.74) is 2.58. The minimum atomic E-state index is -0.329. The Balaban J connectivity index is 1.50. The van der Waals surface area contributed by atoms with Crippen LogP contribution in [0.15, 0.2) is 48.5 Å². The van der Waals surface area contributed by atoms with Gasteiger partial charge >= 0.3 is 7.12 Å². The van der Waals surface area contributed by atoms with E-state index in [1.807, 2.05) is 24.3 Å². The molecule has 1 saturated heterocycles. The molecule has 0 aromatic heterocycles. The quantitative estimate of drug-likeness (QED) is 0.851. The van der Waals surface area contributed by atoms with Crippen LogP contribution in [0.4, 0.5) is 5.69 Å². The van der Waals surface area contributed by atoms with E-state index in [0.29, 0.717) is 0 Å². The van der Waals surface area contributed by atoms with E-state index in [2.05, 4.69) is 57.3 Å². The molecule has 2 aliphatic rings. The number of para-hydroxylation sites is 2. The van der Waals surface area contributed by atoms with Gasteiger partial charge in [-0.15, -0.1) is 0 Å². The highest BCUT2D eigenvalue weighted by atomic mass is 16.7. The van der Waals surface area contributed by atoms with E-state index >= 15 is 0 Å². The predicted octanol–water partition coefficient (Wildman–Crippen LogP) is 3.53. The molecule has 1 N–H and O–H groups in total. The molecule has 2 aliphatic heterocycles. The van der Waals surface area contributed by atoms with Gasteiger partial charge < -0.3 is 19.4 Å². The van der Waals surface area contributed by atoms with Crippen LogP contribution in [-0.4, -0.2) is 24.9 Å². The molecule has 4 rings (SSSR count). The minimum Gasteiger partial charge on any atom is -0.482 e. The molecule has 2 heterocycles. The molecule has 2 aromatic rings. The number of anilines is 1. The summed E-state index contributed by atoms with van der Waals surface area (Å²) in [6.07, 6.45) is 0.00208. The van der Waals surface area contributed by atoms with Crippen molar-refractivity contribution in [3.8, 4) is 5.75 Å². The van der Waals surface area contributed by atoms with Gasteiger partial charge in [0.15, 0.2) is 0 Å². The van der Waals surface area contributed by atoms with E-state index in [-0.39, 0.29) is 24.4 Å². The summed E-state index contributed by atoms with van der Waals surface area (Å²) in [4.78, 5) is 0. The first kappa shape index (κ1) is 16.5. The maximum Gasteiger partial charge on any atom is 0.494 e. The van der Waals surface area contributed by atoms with Crippen molar-refractivity contribution in [3.05, 3.63) is 54.1 Å². The molecular formula is C20H24BNO3. The molecule has 1 atom stereocenters. The van der Waals surface area contributed by atoms with Crippen LogP contribution in [0.25, 0.3) is 0 Å². The molecule has 5 heteroatoms. The van der Waals surface area contributed by atoms with Gasteiger partial charge in [-0.3, -0.25) is 0 Å². The van der Waals surface area contributed by atoms with E-state index in [4.69, 9.17) is 14.0 Å². The Hall–Kier alpha value is -1.98. The highest BCUT2D eigenvalue weighted by Crippen LogP contribution is 2.37. The van der Waals surface area contributed by atoms with Crippen molar-refractivity contribution < 1.29 is 14.0 Å². The topological polar surface area (TPSA) is 39.7 Å². The molecule has 0 bridgehead atoms. The van der Waals surface area contributed by atoms with Gasteiger partial charge in [0.05, 0.1) is 23.4 Å². The fourth-order valence-corrected chi connectivity index (χ4v) is 3.15. The molecule has 0 amide bonds. The lowest BCUT2D eigenvalue weighted by Crippen LogP contribution is -2.41. The highest BCUT2D eigenvalue weighted by molar-refractivity contribution is 6.62. The lowest BCUT2D eigenvalue weighted by atomic mass is 9.78. The van der Waals surface area contributed by atoms with E-state index in [1.165, 1.54) is 0 Å². The molecule has 4 nitrogen and oxygen atoms in total. The largest absolute Gasteiger partial charge is 0.494 e. The summed E-state index contributed by atoms with van der Waals surface area (Å²) in [5.74, 6) is 0.897. The van der Waals surface area contributed by atoms with Gasteiger partial charge in [-0.25, -0.2) is 0 Å². The van der Waals surface area contributed by atoms with Crippen molar-refractivity contribution in [3.63, 3.8) is 0 Å². The number of fused-ring (bicyclic) bond motifs is 1. The molecule has 0 spiro atoms. The Morgan fingerprint density at radius 2 is 1.56 bits per heavy atom. The van der Waals surface area contributed by atoms with Crippen LogP contribution in [-0.2, 0) is 9.31 Å². The van der Waals surface area contributed by atoms with Gasteiger partial charge in [-0.05, 0) is 50.9 Å². The van der Waals surface area contributed by atoms with Gasteiger partial charge in [0.2, 0.25) is 0 Å². The average Bonchev–Trinajstić information content (AvgIpc) is 2.82. The van der Waals surface area contributed by atoms with Crippen LogP contribution in [0.5, 0.6) is 5.75 Å². The second kappa shape index (κ2) is 5.78. The lowest BCUT2D eigenvalue weighted by molar-refractivity contribution is 0.00578. The number of benzene rings is 2. The van der Waals surface area contributed by atoms with Gasteiger partial charge in [0, 0.05) is 0 Å². The second-order valence-electron chi connectivity index (χ2n) is 7.74. The van der Waals surface area contributed by atoms with Crippen molar-refractivity contribution in [1.82, 2.24) is 0 Å². The number of ether oxygens (including phenoxy) is 1. The van der Waals surface area contributed by atoms with Crippen molar-refractivity contribution >= 4 is 18.3 Å². The van der Waals surface area contributed by atoms with Crippen molar-refractivity contribution in [2.45, 2.75) is 45.0 Å². The first-order valence-corrected chi connectivity index (χ1v) is 8.81. The third kappa shape index (κ3) is 2.92. The van der Waals surface area contributed by atoms with Crippen LogP contribution in [0.1, 0.15) is 39.4 Å². The SMILES string of the molecule is CC1(C)OB(c2ccc(C3CNc4ccccc4O3)cc2)OC1(C)C. The zero-order chi connectivity index (χ0) is 17.7. The summed E-state index contributed by atoms with van der Waals surface area (Å²) in [7, 11) is -0.329. The number of nitrogens with one attached hydrogen (secondary N) is 1. The molecule has 2 aromatic carbocycles. The Bertz CT molecular complexity index is 757. The van der Waals surface area contributed by atoms with E-state index in [9.17, 15) is 0 Å². The normalized spacial score (nSPS) is 23.5. The second-order valence-corrected chi connectivity index (χ2v) is 7.74. The minimum absolute atomic E-state index is 0.00208. The smallest absolute Gasteiger partial charge is 0.482 e. The maximum atomic E-state index is 6.12. The van der Waals surface area contributed by atoms with Crippen LogP contribution >= 0.6 is 0 Å². The van der Waals surface area contributed by atoms with Gasteiger partial charge in [-0.1, -0.05) is 36.4 Å². The van der Waals surface area contributed by atoms with E-state index in [0.717, 1.165) is 29.0 Å². The van der Waals surface area contributed by atoms with Crippen molar-refractivity contribution in [2.24, 2.45) is 0 Å². The molecule has 0 saturated carbocycles.